The molecule has 3 aliphatic rings. The number of fused-ring (bicyclic) bond motifs is 2. The third kappa shape index (κ3) is 5.41. The first-order valence-corrected chi connectivity index (χ1v) is 15.5. The molecule has 0 spiro atoms. The summed E-state index contributed by atoms with van der Waals surface area (Å²) in [6, 6.07) is 9.83. The Labute approximate surface area is 237 Å². The van der Waals surface area contributed by atoms with Gasteiger partial charge in [-0.3, -0.25) is 4.99 Å². The molecule has 2 aliphatic heterocycles. The number of hydrogen-bond acceptors (Lipinski definition) is 8. The zero-order chi connectivity index (χ0) is 28.0. The SMILES string of the molecule is C/N=C\c1c(O[C@@H]2CO[C@H]3[C@@H]2OC[C@H]3O)[nH]c2cc(Cl)c(-c3ccc(C4=CCC(NS(C)(=O)=O)CC4)cc3)nc12. The molecule has 1 aliphatic carbocycles. The second-order valence-electron chi connectivity index (χ2n) is 10.5. The van der Waals surface area contributed by atoms with E-state index in [-0.39, 0.29) is 24.9 Å². The van der Waals surface area contributed by atoms with Crippen molar-refractivity contribution in [2.45, 2.75) is 49.7 Å². The van der Waals surface area contributed by atoms with Gasteiger partial charge >= 0.3 is 0 Å². The number of sulfonamides is 1. The number of pyridine rings is 1. The van der Waals surface area contributed by atoms with Gasteiger partial charge in [-0.15, -0.1) is 0 Å². The van der Waals surface area contributed by atoms with Gasteiger partial charge in [-0.05, 0) is 36.5 Å². The molecule has 0 saturated carbocycles. The summed E-state index contributed by atoms with van der Waals surface area (Å²) in [4.78, 5) is 12.4. The summed E-state index contributed by atoms with van der Waals surface area (Å²) in [5.41, 5.74) is 5.86. The number of H-pyrrole nitrogens is 1. The lowest BCUT2D eigenvalue weighted by atomic mass is 9.90. The van der Waals surface area contributed by atoms with Gasteiger partial charge < -0.3 is 24.3 Å². The number of nitrogens with zero attached hydrogens (tertiary/aromatic N) is 2. The number of aromatic amines is 1. The van der Waals surface area contributed by atoms with Crippen LogP contribution in [0.4, 0.5) is 0 Å². The van der Waals surface area contributed by atoms with Crippen molar-refractivity contribution in [1.29, 1.82) is 0 Å². The molecule has 5 atom stereocenters. The number of nitrogens with one attached hydrogen (secondary N) is 2. The number of aliphatic hydroxyl groups is 1. The van der Waals surface area contributed by atoms with Gasteiger partial charge in [0.2, 0.25) is 15.9 Å². The fourth-order valence-corrected chi connectivity index (χ4v) is 6.76. The van der Waals surface area contributed by atoms with Crippen LogP contribution in [-0.4, -0.2) is 86.7 Å². The van der Waals surface area contributed by atoms with E-state index in [0.29, 0.717) is 46.2 Å². The van der Waals surface area contributed by atoms with Crippen LogP contribution in [-0.2, 0) is 19.5 Å². The highest BCUT2D eigenvalue weighted by atomic mass is 35.5. The summed E-state index contributed by atoms with van der Waals surface area (Å²) >= 11 is 6.70. The van der Waals surface area contributed by atoms with Crippen LogP contribution < -0.4 is 9.46 Å². The van der Waals surface area contributed by atoms with Crippen LogP contribution in [0.25, 0.3) is 27.9 Å². The summed E-state index contributed by atoms with van der Waals surface area (Å²) in [6.07, 6.45) is 5.42. The predicted molar refractivity (Wildman–Crippen MR) is 154 cm³/mol. The first-order chi connectivity index (χ1) is 19.2. The molecule has 2 aromatic heterocycles. The van der Waals surface area contributed by atoms with Crippen molar-refractivity contribution in [2.24, 2.45) is 4.99 Å². The molecule has 10 nitrogen and oxygen atoms in total. The predicted octanol–water partition coefficient (Wildman–Crippen LogP) is 3.32. The number of aromatic nitrogens is 2. The standard InChI is InChI=1S/C28H31ClN4O6S/c1-30-12-19-25-21(31-28(19)39-23-14-38-26-22(34)13-37-27(23)26)11-20(29)24(32-25)17-5-3-15(4-6-17)16-7-9-18(10-8-16)33-40(2,35)36/h3-7,11-12,18,22-23,26-27,31,33-34H,8-10,13-14H2,1-2H3/b30-12-/t18?,22-,23-,26-,27-/m1/s1. The third-order valence-corrected chi connectivity index (χ3v) is 8.60. The number of halogens is 1. The average molecular weight is 587 g/mol. The van der Waals surface area contributed by atoms with Crippen LogP contribution in [0.3, 0.4) is 0 Å². The van der Waals surface area contributed by atoms with Gasteiger partial charge in [0, 0.05) is 24.9 Å². The van der Waals surface area contributed by atoms with Gasteiger partial charge in [0.05, 0.1) is 41.3 Å². The fourth-order valence-electron chi connectivity index (χ4n) is 5.68. The molecule has 0 amide bonds. The first-order valence-electron chi connectivity index (χ1n) is 13.2. The summed E-state index contributed by atoms with van der Waals surface area (Å²) in [7, 11) is -1.53. The highest BCUT2D eigenvalue weighted by molar-refractivity contribution is 7.88. The fraction of sp³-hybridized carbons (Fsp3) is 0.429. The van der Waals surface area contributed by atoms with Crippen molar-refractivity contribution in [3.8, 4) is 17.1 Å². The lowest BCUT2D eigenvalue weighted by Crippen LogP contribution is -2.34. The lowest BCUT2D eigenvalue weighted by Gasteiger charge is -2.22. The second kappa shape index (κ2) is 10.9. The Hall–Kier alpha value is -2.80. The highest BCUT2D eigenvalue weighted by Crippen LogP contribution is 2.36. The number of allylic oxidation sites excluding steroid dienone is 1. The maximum absolute atomic E-state index is 11.5. The summed E-state index contributed by atoms with van der Waals surface area (Å²) in [6.45, 7) is 0.532. The number of benzene rings is 1. The van der Waals surface area contributed by atoms with Crippen molar-refractivity contribution >= 4 is 44.4 Å². The van der Waals surface area contributed by atoms with E-state index < -0.39 is 22.2 Å². The van der Waals surface area contributed by atoms with E-state index in [1.54, 1.807) is 13.3 Å². The van der Waals surface area contributed by atoms with Crippen molar-refractivity contribution in [3.63, 3.8) is 0 Å². The molecule has 1 unspecified atom stereocenters. The third-order valence-electron chi connectivity index (χ3n) is 7.55. The van der Waals surface area contributed by atoms with Gasteiger partial charge in [-0.25, -0.2) is 18.1 Å². The number of rotatable bonds is 7. The second-order valence-corrected chi connectivity index (χ2v) is 12.6. The Morgan fingerprint density at radius 2 is 1.95 bits per heavy atom. The number of hydrogen-bond donors (Lipinski definition) is 3. The first kappa shape index (κ1) is 27.4. The minimum Gasteiger partial charge on any atom is -0.470 e. The quantitative estimate of drug-likeness (QED) is 0.361. The van der Waals surface area contributed by atoms with Gasteiger partial charge in [-0.1, -0.05) is 41.9 Å². The molecule has 1 aromatic carbocycles. The molecule has 3 N–H and O–H groups in total. The van der Waals surface area contributed by atoms with Crippen molar-refractivity contribution < 1.29 is 27.7 Å². The lowest BCUT2D eigenvalue weighted by molar-refractivity contribution is 0.00792. The highest BCUT2D eigenvalue weighted by Gasteiger charge is 2.48. The number of ether oxygens (including phenoxy) is 3. The Kier molecular flexibility index (Phi) is 7.45. The van der Waals surface area contributed by atoms with E-state index in [4.69, 9.17) is 30.8 Å². The van der Waals surface area contributed by atoms with Gasteiger partial charge in [0.15, 0.2) is 6.10 Å². The largest absolute Gasteiger partial charge is 0.470 e. The number of aliphatic imine (C=N–C) groups is 1. The van der Waals surface area contributed by atoms with Crippen molar-refractivity contribution in [3.05, 3.63) is 52.6 Å². The van der Waals surface area contributed by atoms with Crippen LogP contribution in [0.15, 0.2) is 41.4 Å². The van der Waals surface area contributed by atoms with E-state index in [2.05, 4.69) is 20.8 Å². The number of aliphatic hydroxyl groups excluding tert-OH is 1. The molecule has 6 rings (SSSR count). The molecular weight excluding hydrogens is 556 g/mol. The van der Waals surface area contributed by atoms with E-state index >= 15 is 0 Å². The molecular formula is C28H31ClN4O6S. The molecule has 0 bridgehead atoms. The smallest absolute Gasteiger partial charge is 0.208 e. The normalized spacial score (nSPS) is 26.9. The van der Waals surface area contributed by atoms with Gasteiger partial charge in [0.25, 0.3) is 0 Å². The van der Waals surface area contributed by atoms with Gasteiger partial charge in [0.1, 0.15) is 23.8 Å². The molecule has 212 valence electrons. The summed E-state index contributed by atoms with van der Waals surface area (Å²) in [5, 5.41) is 10.6. The van der Waals surface area contributed by atoms with E-state index in [1.807, 2.05) is 30.3 Å². The topological polar surface area (TPSA) is 135 Å². The molecule has 40 heavy (non-hydrogen) atoms. The zero-order valence-corrected chi connectivity index (χ0v) is 23.7. The minimum absolute atomic E-state index is 0.0660. The average Bonchev–Trinajstić information content (AvgIpc) is 3.59. The van der Waals surface area contributed by atoms with Crippen LogP contribution in [0.1, 0.15) is 30.4 Å². The van der Waals surface area contributed by atoms with Crippen molar-refractivity contribution in [2.75, 3.05) is 26.5 Å². The van der Waals surface area contributed by atoms with E-state index in [0.717, 1.165) is 24.0 Å². The van der Waals surface area contributed by atoms with Crippen LogP contribution in [0.2, 0.25) is 5.02 Å². The Balaban J connectivity index is 1.25. The minimum atomic E-state index is -3.22. The van der Waals surface area contributed by atoms with Gasteiger partial charge in [-0.2, -0.15) is 0 Å². The molecule has 0 radical (unpaired) electrons. The molecule has 12 heteroatoms. The maximum atomic E-state index is 11.5. The monoisotopic (exact) mass is 586 g/mol. The molecule has 2 fully saturated rings. The molecule has 2 saturated heterocycles. The molecule has 4 heterocycles. The van der Waals surface area contributed by atoms with Crippen LogP contribution in [0.5, 0.6) is 5.88 Å². The van der Waals surface area contributed by atoms with E-state index in [1.165, 1.54) is 11.8 Å². The maximum Gasteiger partial charge on any atom is 0.208 e. The van der Waals surface area contributed by atoms with Crippen LogP contribution >= 0.6 is 11.6 Å². The Morgan fingerprint density at radius 1 is 1.20 bits per heavy atom. The Morgan fingerprint density at radius 3 is 2.65 bits per heavy atom. The zero-order valence-electron chi connectivity index (χ0n) is 22.1. The summed E-state index contributed by atoms with van der Waals surface area (Å²) in [5.74, 6) is 0.490. The van der Waals surface area contributed by atoms with E-state index in [9.17, 15) is 13.5 Å². The molecule has 3 aromatic rings. The Bertz CT molecular complexity index is 1590. The van der Waals surface area contributed by atoms with Crippen LogP contribution in [0, 0.1) is 0 Å². The van der Waals surface area contributed by atoms with Crippen molar-refractivity contribution in [1.82, 2.24) is 14.7 Å². The summed E-state index contributed by atoms with van der Waals surface area (Å²) < 4.78 is 43.4.